The molecule has 21 heavy (non-hydrogen) atoms. The molecule has 110 valence electrons. The number of nitrogens with one attached hydrogen (secondary N) is 2. The van der Waals surface area contributed by atoms with Crippen LogP contribution in [0.25, 0.3) is 0 Å². The van der Waals surface area contributed by atoms with E-state index >= 15 is 0 Å². The van der Waals surface area contributed by atoms with Crippen LogP contribution in [0.5, 0.6) is 0 Å². The Morgan fingerprint density at radius 1 is 1.10 bits per heavy atom. The van der Waals surface area contributed by atoms with Gasteiger partial charge >= 0.3 is 0 Å². The van der Waals surface area contributed by atoms with E-state index in [1.54, 1.807) is 12.1 Å². The van der Waals surface area contributed by atoms with Gasteiger partial charge in [0.2, 0.25) is 5.91 Å². The number of carbonyl (C=O) groups is 1. The summed E-state index contributed by atoms with van der Waals surface area (Å²) in [6.45, 7) is 2.38. The SMILES string of the molecule is CCC(=O)Nc1cccc(NCc2cc(Cl)ccc2Cl)c1. The summed E-state index contributed by atoms with van der Waals surface area (Å²) >= 11 is 12.1. The monoisotopic (exact) mass is 322 g/mol. The molecule has 0 heterocycles. The number of hydrogen-bond donors (Lipinski definition) is 2. The second-order valence-electron chi connectivity index (χ2n) is 4.57. The van der Waals surface area contributed by atoms with E-state index in [0.29, 0.717) is 23.0 Å². The molecule has 2 N–H and O–H groups in total. The van der Waals surface area contributed by atoms with E-state index < -0.39 is 0 Å². The second kappa shape index (κ2) is 7.34. The molecular formula is C16H16Cl2N2O. The van der Waals surface area contributed by atoms with Crippen molar-refractivity contribution in [2.75, 3.05) is 10.6 Å². The van der Waals surface area contributed by atoms with E-state index in [9.17, 15) is 4.79 Å². The molecule has 2 aromatic rings. The number of carbonyl (C=O) groups excluding carboxylic acids is 1. The van der Waals surface area contributed by atoms with Crippen LogP contribution < -0.4 is 10.6 Å². The lowest BCUT2D eigenvalue weighted by Gasteiger charge is -2.10. The first-order valence-corrected chi connectivity index (χ1v) is 7.42. The lowest BCUT2D eigenvalue weighted by molar-refractivity contribution is -0.115. The van der Waals surface area contributed by atoms with Crippen LogP contribution in [0, 0.1) is 0 Å². The highest BCUT2D eigenvalue weighted by Gasteiger charge is 2.03. The van der Waals surface area contributed by atoms with Gasteiger partial charge < -0.3 is 10.6 Å². The Balaban J connectivity index is 2.04. The van der Waals surface area contributed by atoms with Crippen LogP contribution in [0.4, 0.5) is 11.4 Å². The van der Waals surface area contributed by atoms with E-state index in [1.165, 1.54) is 0 Å². The summed E-state index contributed by atoms with van der Waals surface area (Å²) in [6.07, 6.45) is 0.454. The van der Waals surface area contributed by atoms with E-state index in [2.05, 4.69) is 10.6 Å². The smallest absolute Gasteiger partial charge is 0.224 e. The van der Waals surface area contributed by atoms with Crippen LogP contribution >= 0.6 is 23.2 Å². The second-order valence-corrected chi connectivity index (χ2v) is 5.42. The number of anilines is 2. The van der Waals surface area contributed by atoms with E-state index in [-0.39, 0.29) is 5.91 Å². The molecule has 0 saturated heterocycles. The number of benzene rings is 2. The van der Waals surface area contributed by atoms with Crippen molar-refractivity contribution in [2.45, 2.75) is 19.9 Å². The first kappa shape index (κ1) is 15.7. The quantitative estimate of drug-likeness (QED) is 0.817. The maximum Gasteiger partial charge on any atom is 0.224 e. The first-order valence-electron chi connectivity index (χ1n) is 6.66. The lowest BCUT2D eigenvalue weighted by Crippen LogP contribution is -2.09. The van der Waals surface area contributed by atoms with Crippen molar-refractivity contribution < 1.29 is 4.79 Å². The maximum atomic E-state index is 11.4. The van der Waals surface area contributed by atoms with E-state index in [4.69, 9.17) is 23.2 Å². The Morgan fingerprint density at radius 3 is 2.62 bits per heavy atom. The van der Waals surface area contributed by atoms with Gasteiger partial charge in [-0.15, -0.1) is 0 Å². The molecule has 0 saturated carbocycles. The van der Waals surface area contributed by atoms with Crippen molar-refractivity contribution in [1.82, 2.24) is 0 Å². The number of halogens is 2. The number of rotatable bonds is 5. The minimum atomic E-state index is -0.00923. The largest absolute Gasteiger partial charge is 0.381 e. The van der Waals surface area contributed by atoms with Crippen molar-refractivity contribution in [3.63, 3.8) is 0 Å². The molecule has 0 spiro atoms. The maximum absolute atomic E-state index is 11.4. The van der Waals surface area contributed by atoms with Gasteiger partial charge in [-0.2, -0.15) is 0 Å². The average molecular weight is 323 g/mol. The average Bonchev–Trinajstić information content (AvgIpc) is 2.48. The van der Waals surface area contributed by atoms with Gasteiger partial charge in [0.15, 0.2) is 0 Å². The molecule has 2 aromatic carbocycles. The van der Waals surface area contributed by atoms with Crippen LogP contribution in [0.2, 0.25) is 10.0 Å². The number of amides is 1. The molecule has 0 atom stereocenters. The van der Waals surface area contributed by atoms with Crippen LogP contribution in [0.15, 0.2) is 42.5 Å². The molecule has 0 aromatic heterocycles. The molecule has 0 unspecified atom stereocenters. The van der Waals surface area contributed by atoms with Crippen LogP contribution in [0.1, 0.15) is 18.9 Å². The molecule has 5 heteroatoms. The molecule has 3 nitrogen and oxygen atoms in total. The lowest BCUT2D eigenvalue weighted by atomic mass is 10.2. The zero-order valence-corrected chi connectivity index (χ0v) is 13.1. The van der Waals surface area contributed by atoms with Gasteiger partial charge in [0.05, 0.1) is 0 Å². The summed E-state index contributed by atoms with van der Waals surface area (Å²) in [5, 5.41) is 7.41. The highest BCUT2D eigenvalue weighted by Crippen LogP contribution is 2.22. The third-order valence-corrected chi connectivity index (χ3v) is 3.56. The van der Waals surface area contributed by atoms with Crippen molar-refractivity contribution >= 4 is 40.5 Å². The third-order valence-electron chi connectivity index (χ3n) is 2.96. The van der Waals surface area contributed by atoms with E-state index in [0.717, 1.165) is 16.9 Å². The summed E-state index contributed by atoms with van der Waals surface area (Å²) in [5.41, 5.74) is 2.59. The normalized spacial score (nSPS) is 10.2. The summed E-state index contributed by atoms with van der Waals surface area (Å²) in [5.74, 6) is -0.00923. The summed E-state index contributed by atoms with van der Waals surface area (Å²) in [4.78, 5) is 11.4. The van der Waals surface area contributed by atoms with Gasteiger partial charge in [-0.1, -0.05) is 36.2 Å². The third kappa shape index (κ3) is 4.66. The van der Waals surface area contributed by atoms with E-state index in [1.807, 2.05) is 37.3 Å². The Hall–Kier alpha value is -1.71. The zero-order chi connectivity index (χ0) is 15.2. The minimum absolute atomic E-state index is 0.00923. The van der Waals surface area contributed by atoms with Crippen molar-refractivity contribution in [3.05, 3.63) is 58.1 Å². The van der Waals surface area contributed by atoms with Crippen molar-refractivity contribution in [1.29, 1.82) is 0 Å². The highest BCUT2D eigenvalue weighted by molar-refractivity contribution is 6.33. The molecular weight excluding hydrogens is 307 g/mol. The van der Waals surface area contributed by atoms with Gasteiger partial charge in [0, 0.05) is 34.4 Å². The predicted octanol–water partition coefficient (Wildman–Crippen LogP) is 4.95. The topological polar surface area (TPSA) is 41.1 Å². The number of hydrogen-bond acceptors (Lipinski definition) is 2. The van der Waals surface area contributed by atoms with Gasteiger partial charge in [-0.25, -0.2) is 0 Å². The first-order chi connectivity index (χ1) is 10.1. The van der Waals surface area contributed by atoms with Crippen molar-refractivity contribution in [2.24, 2.45) is 0 Å². The predicted molar refractivity (Wildman–Crippen MR) is 89.2 cm³/mol. The summed E-state index contributed by atoms with van der Waals surface area (Å²) in [7, 11) is 0. The molecule has 0 aliphatic carbocycles. The van der Waals surface area contributed by atoms with Crippen LogP contribution in [-0.4, -0.2) is 5.91 Å². The Kier molecular flexibility index (Phi) is 5.48. The van der Waals surface area contributed by atoms with Gasteiger partial charge in [0.25, 0.3) is 0 Å². The van der Waals surface area contributed by atoms with Gasteiger partial charge in [0.1, 0.15) is 0 Å². The summed E-state index contributed by atoms with van der Waals surface area (Å²) < 4.78 is 0. The van der Waals surface area contributed by atoms with Crippen LogP contribution in [0.3, 0.4) is 0 Å². The fourth-order valence-electron chi connectivity index (χ4n) is 1.83. The highest BCUT2D eigenvalue weighted by atomic mass is 35.5. The molecule has 0 radical (unpaired) electrons. The standard InChI is InChI=1S/C16H16Cl2N2O/c1-2-16(21)20-14-5-3-4-13(9-14)19-10-11-8-12(17)6-7-15(11)18/h3-9,19H,2,10H2,1H3,(H,20,21). The Bertz CT molecular complexity index is 644. The molecule has 0 bridgehead atoms. The Morgan fingerprint density at radius 2 is 1.86 bits per heavy atom. The fraction of sp³-hybridized carbons (Fsp3) is 0.188. The molecule has 2 rings (SSSR count). The Labute approximate surface area is 134 Å². The molecule has 1 amide bonds. The zero-order valence-electron chi connectivity index (χ0n) is 11.6. The van der Waals surface area contributed by atoms with Gasteiger partial charge in [-0.3, -0.25) is 4.79 Å². The van der Waals surface area contributed by atoms with Gasteiger partial charge in [-0.05, 0) is 42.0 Å². The molecule has 0 aliphatic heterocycles. The molecule has 0 fully saturated rings. The minimum Gasteiger partial charge on any atom is -0.381 e. The summed E-state index contributed by atoms with van der Waals surface area (Å²) in [6, 6.07) is 12.9. The van der Waals surface area contributed by atoms with Crippen LogP contribution in [-0.2, 0) is 11.3 Å². The fourth-order valence-corrected chi connectivity index (χ4v) is 2.21. The van der Waals surface area contributed by atoms with Crippen molar-refractivity contribution in [3.8, 4) is 0 Å². The molecule has 0 aliphatic rings.